The van der Waals surface area contributed by atoms with Gasteiger partial charge >= 0.3 is 6.09 Å². The number of H-pyrrole nitrogens is 1. The van der Waals surface area contributed by atoms with Gasteiger partial charge in [-0.2, -0.15) is 0 Å². The molecule has 3 N–H and O–H groups in total. The number of anilines is 1. The third kappa shape index (κ3) is 4.08. The number of amides is 1. The van der Waals surface area contributed by atoms with Crippen LogP contribution in [0.25, 0.3) is 33.3 Å². The maximum Gasteiger partial charge on any atom is 0.407 e. The zero-order valence-electron chi connectivity index (χ0n) is 18.3. The van der Waals surface area contributed by atoms with Gasteiger partial charge in [0.1, 0.15) is 17.8 Å². The second-order valence-electron chi connectivity index (χ2n) is 7.70. The van der Waals surface area contributed by atoms with Gasteiger partial charge in [0.25, 0.3) is 0 Å². The molecular weight excluding hydrogens is 418 g/mol. The first-order valence-electron chi connectivity index (χ1n) is 10.5. The molecule has 5 rings (SSSR count). The van der Waals surface area contributed by atoms with Gasteiger partial charge in [-0.05, 0) is 34.9 Å². The summed E-state index contributed by atoms with van der Waals surface area (Å²) in [6.45, 7) is 0.535. The van der Waals surface area contributed by atoms with Crippen LogP contribution in [0.2, 0.25) is 0 Å². The lowest BCUT2D eigenvalue weighted by molar-refractivity contribution is 0.139. The molecule has 0 saturated heterocycles. The number of hydrogen-bond donors (Lipinski definition) is 3. The average Bonchev–Trinajstić information content (AvgIpc) is 3.45. The molecule has 9 nitrogen and oxygen atoms in total. The van der Waals surface area contributed by atoms with E-state index in [9.17, 15) is 4.79 Å². The summed E-state index contributed by atoms with van der Waals surface area (Å²) in [6, 6.07) is 13.7. The maximum atomic E-state index is 12.1. The van der Waals surface area contributed by atoms with Gasteiger partial charge in [0.2, 0.25) is 0 Å². The van der Waals surface area contributed by atoms with Crippen LogP contribution in [0.15, 0.2) is 61.2 Å². The van der Waals surface area contributed by atoms with Crippen LogP contribution < -0.4 is 10.6 Å². The van der Waals surface area contributed by atoms with Gasteiger partial charge < -0.3 is 24.9 Å². The Kier molecular flexibility index (Phi) is 5.35. The van der Waals surface area contributed by atoms with Gasteiger partial charge in [-0.15, -0.1) is 0 Å². The van der Waals surface area contributed by atoms with Crippen LogP contribution >= 0.6 is 0 Å². The molecule has 0 saturated carbocycles. The van der Waals surface area contributed by atoms with Crippen LogP contribution in [-0.4, -0.2) is 37.6 Å². The lowest BCUT2D eigenvalue weighted by atomic mass is 10.1. The first-order valence-corrected chi connectivity index (χ1v) is 10.5. The Labute approximate surface area is 189 Å². The number of imidazole rings is 1. The minimum absolute atomic E-state index is 0.168. The Bertz CT molecular complexity index is 1440. The van der Waals surface area contributed by atoms with Crippen molar-refractivity contribution in [2.75, 3.05) is 12.4 Å². The minimum Gasteiger partial charge on any atom is -0.445 e. The van der Waals surface area contributed by atoms with E-state index in [1.165, 1.54) is 0 Å². The summed E-state index contributed by atoms with van der Waals surface area (Å²) in [4.78, 5) is 28.7. The number of alkyl carbamates (subject to hydrolysis) is 1. The second-order valence-corrected chi connectivity index (χ2v) is 7.70. The largest absolute Gasteiger partial charge is 0.445 e. The highest BCUT2D eigenvalue weighted by molar-refractivity contribution is 6.07. The van der Waals surface area contributed by atoms with E-state index < -0.39 is 6.09 Å². The molecular formula is C24H23N7O2. The molecule has 0 fully saturated rings. The Morgan fingerprint density at radius 1 is 1.18 bits per heavy atom. The molecule has 4 heterocycles. The smallest absolute Gasteiger partial charge is 0.407 e. The predicted molar refractivity (Wildman–Crippen MR) is 127 cm³/mol. The molecule has 0 radical (unpaired) electrons. The molecule has 0 aliphatic rings. The number of carbonyl (C=O) groups is 1. The van der Waals surface area contributed by atoms with E-state index in [0.29, 0.717) is 6.54 Å². The van der Waals surface area contributed by atoms with Crippen molar-refractivity contribution in [1.82, 2.24) is 29.8 Å². The van der Waals surface area contributed by atoms with Crippen molar-refractivity contribution in [1.29, 1.82) is 0 Å². The summed E-state index contributed by atoms with van der Waals surface area (Å²) in [5, 5.41) is 6.85. The molecule has 0 aliphatic carbocycles. The fraction of sp³-hybridized carbons (Fsp3) is 0.167. The standard InChI is InChI=1S/C24H23N7O2/c1-25-23-20-21(31(2)14-28-20)18-10-19(29-22(18)30-23)17-7-3-5-15(9-17)13-33-24(32)27-12-16-6-4-8-26-11-16/h3-11,14H,12-13H2,1-2H3,(H,27,32)(H2,25,29,30). The summed E-state index contributed by atoms with van der Waals surface area (Å²) in [5.41, 5.74) is 6.32. The van der Waals surface area contributed by atoms with Crippen LogP contribution in [0.5, 0.6) is 0 Å². The van der Waals surface area contributed by atoms with Crippen molar-refractivity contribution >= 4 is 34.0 Å². The molecule has 33 heavy (non-hydrogen) atoms. The van der Waals surface area contributed by atoms with Gasteiger partial charge in [0.05, 0.1) is 11.8 Å². The number of nitrogens with zero attached hydrogens (tertiary/aromatic N) is 4. The van der Waals surface area contributed by atoms with E-state index in [-0.39, 0.29) is 6.61 Å². The summed E-state index contributed by atoms with van der Waals surface area (Å²) in [6.07, 6.45) is 4.71. The molecule has 0 unspecified atom stereocenters. The number of pyridine rings is 2. The highest BCUT2D eigenvalue weighted by Gasteiger charge is 2.15. The Morgan fingerprint density at radius 3 is 2.88 bits per heavy atom. The highest BCUT2D eigenvalue weighted by atomic mass is 16.5. The van der Waals surface area contributed by atoms with Crippen molar-refractivity contribution in [3.05, 3.63) is 72.3 Å². The number of hydrogen-bond acceptors (Lipinski definition) is 6. The molecule has 0 bridgehead atoms. The second kappa shape index (κ2) is 8.62. The van der Waals surface area contributed by atoms with E-state index in [1.807, 2.05) is 55.1 Å². The predicted octanol–water partition coefficient (Wildman–Crippen LogP) is 3.98. The van der Waals surface area contributed by atoms with E-state index in [4.69, 9.17) is 4.74 Å². The quantitative estimate of drug-likeness (QED) is 0.368. The molecule has 9 heteroatoms. The van der Waals surface area contributed by atoms with E-state index in [2.05, 4.69) is 36.6 Å². The number of benzene rings is 1. The molecule has 5 aromatic rings. The summed E-state index contributed by atoms with van der Waals surface area (Å²) >= 11 is 0. The summed E-state index contributed by atoms with van der Waals surface area (Å²) in [5.74, 6) is 0.728. The van der Waals surface area contributed by atoms with Crippen LogP contribution in [0.3, 0.4) is 0 Å². The molecule has 0 spiro atoms. The normalized spacial score (nSPS) is 11.1. The van der Waals surface area contributed by atoms with Crippen molar-refractivity contribution in [2.45, 2.75) is 13.2 Å². The van der Waals surface area contributed by atoms with Gasteiger partial charge in [-0.25, -0.2) is 14.8 Å². The number of rotatable bonds is 6. The topological polar surface area (TPSA) is 110 Å². The highest BCUT2D eigenvalue weighted by Crippen LogP contribution is 2.31. The molecule has 166 valence electrons. The Hall–Kier alpha value is -4.40. The first kappa shape index (κ1) is 20.5. The number of aromatic amines is 1. The fourth-order valence-corrected chi connectivity index (χ4v) is 3.83. The molecule has 0 atom stereocenters. The lowest BCUT2D eigenvalue weighted by Crippen LogP contribution is -2.23. The SMILES string of the molecule is CNc1nc2[nH]c(-c3cccc(COC(=O)NCc4cccnc4)c3)cc2c2c1ncn2C. The lowest BCUT2D eigenvalue weighted by Gasteiger charge is -2.08. The van der Waals surface area contributed by atoms with Crippen molar-refractivity contribution in [3.63, 3.8) is 0 Å². The minimum atomic E-state index is -0.475. The number of fused-ring (bicyclic) bond motifs is 3. The zero-order valence-corrected chi connectivity index (χ0v) is 18.3. The maximum absolute atomic E-state index is 12.1. The average molecular weight is 441 g/mol. The van der Waals surface area contributed by atoms with E-state index in [0.717, 1.165) is 50.3 Å². The summed E-state index contributed by atoms with van der Waals surface area (Å²) in [7, 11) is 3.81. The van der Waals surface area contributed by atoms with Crippen LogP contribution in [-0.2, 0) is 24.9 Å². The number of aryl methyl sites for hydroxylation is 1. The fourth-order valence-electron chi connectivity index (χ4n) is 3.83. The number of carbonyl (C=O) groups excluding carboxylic acids is 1. The molecule has 1 aromatic carbocycles. The number of ether oxygens (including phenoxy) is 1. The monoisotopic (exact) mass is 441 g/mol. The van der Waals surface area contributed by atoms with Gasteiger partial charge in [0, 0.05) is 44.1 Å². The summed E-state index contributed by atoms with van der Waals surface area (Å²) < 4.78 is 7.37. The molecule has 0 aliphatic heterocycles. The third-order valence-corrected chi connectivity index (χ3v) is 5.44. The van der Waals surface area contributed by atoms with Gasteiger partial charge in [0.15, 0.2) is 5.82 Å². The molecule has 1 amide bonds. The van der Waals surface area contributed by atoms with Crippen molar-refractivity contribution < 1.29 is 9.53 Å². The van der Waals surface area contributed by atoms with E-state index in [1.54, 1.807) is 18.7 Å². The van der Waals surface area contributed by atoms with Crippen molar-refractivity contribution in [2.24, 2.45) is 7.05 Å². The Balaban J connectivity index is 1.34. The van der Waals surface area contributed by atoms with Crippen molar-refractivity contribution in [3.8, 4) is 11.3 Å². The van der Waals surface area contributed by atoms with E-state index >= 15 is 0 Å². The number of aromatic nitrogens is 5. The number of nitrogens with one attached hydrogen (secondary N) is 3. The zero-order chi connectivity index (χ0) is 22.8. The van der Waals surface area contributed by atoms with Crippen LogP contribution in [0.1, 0.15) is 11.1 Å². The van der Waals surface area contributed by atoms with Gasteiger partial charge in [-0.3, -0.25) is 4.98 Å². The van der Waals surface area contributed by atoms with Crippen LogP contribution in [0.4, 0.5) is 10.6 Å². The molecule has 4 aromatic heterocycles. The third-order valence-electron chi connectivity index (χ3n) is 5.44. The van der Waals surface area contributed by atoms with Crippen LogP contribution in [0, 0.1) is 0 Å². The Morgan fingerprint density at radius 2 is 2.06 bits per heavy atom. The van der Waals surface area contributed by atoms with Gasteiger partial charge in [-0.1, -0.05) is 24.3 Å². The first-order chi connectivity index (χ1) is 16.1.